The first kappa shape index (κ1) is 17.5. The van der Waals surface area contributed by atoms with Crippen molar-refractivity contribution in [1.29, 1.82) is 0 Å². The monoisotopic (exact) mass is 311 g/mol. The molecule has 2 rings (SSSR count). The highest BCUT2D eigenvalue weighted by molar-refractivity contribution is 5.91. The molecule has 1 saturated carbocycles. The first-order valence-electron chi connectivity index (χ1n) is 7.03. The Balaban J connectivity index is 0.00000220. The van der Waals surface area contributed by atoms with E-state index in [0.29, 0.717) is 6.54 Å². The van der Waals surface area contributed by atoms with Crippen LogP contribution in [-0.2, 0) is 9.59 Å². The van der Waals surface area contributed by atoms with Crippen LogP contribution < -0.4 is 16.4 Å². The predicted molar refractivity (Wildman–Crippen MR) is 85.3 cm³/mol. The van der Waals surface area contributed by atoms with Crippen molar-refractivity contribution in [3.63, 3.8) is 0 Å². The van der Waals surface area contributed by atoms with Crippen LogP contribution in [0.25, 0.3) is 0 Å². The molecule has 5 nitrogen and oxygen atoms in total. The highest BCUT2D eigenvalue weighted by atomic mass is 35.5. The standard InChI is InChI=1S/C15H21N3O2.ClH/c16-12-7-6-11(10-12)15(20)17-9-8-14(19)18-13-4-2-1-3-5-13;/h1-5,11-12H,6-10,16H2,(H,17,20)(H,18,19);1H. The smallest absolute Gasteiger partial charge is 0.226 e. The lowest BCUT2D eigenvalue weighted by Gasteiger charge is -2.10. The Labute approximate surface area is 131 Å². The van der Waals surface area contributed by atoms with Crippen molar-refractivity contribution < 1.29 is 9.59 Å². The third-order valence-electron chi connectivity index (χ3n) is 3.55. The Morgan fingerprint density at radius 2 is 1.90 bits per heavy atom. The number of carbonyl (C=O) groups is 2. The Kier molecular flexibility index (Phi) is 7.19. The topological polar surface area (TPSA) is 84.2 Å². The quantitative estimate of drug-likeness (QED) is 0.773. The summed E-state index contributed by atoms with van der Waals surface area (Å²) in [5.74, 6) is -0.0627. The molecule has 0 radical (unpaired) electrons. The maximum Gasteiger partial charge on any atom is 0.226 e. The lowest BCUT2D eigenvalue weighted by atomic mass is 10.1. The number of anilines is 1. The Morgan fingerprint density at radius 3 is 2.52 bits per heavy atom. The van der Waals surface area contributed by atoms with Crippen LogP contribution in [0, 0.1) is 5.92 Å². The van der Waals surface area contributed by atoms with Gasteiger partial charge >= 0.3 is 0 Å². The van der Waals surface area contributed by atoms with E-state index in [4.69, 9.17) is 5.73 Å². The van der Waals surface area contributed by atoms with Crippen LogP contribution in [0.5, 0.6) is 0 Å². The van der Waals surface area contributed by atoms with E-state index in [0.717, 1.165) is 24.9 Å². The minimum Gasteiger partial charge on any atom is -0.355 e. The molecule has 0 spiro atoms. The van der Waals surface area contributed by atoms with Gasteiger partial charge in [-0.3, -0.25) is 9.59 Å². The van der Waals surface area contributed by atoms with Gasteiger partial charge in [0.05, 0.1) is 0 Å². The van der Waals surface area contributed by atoms with Crippen molar-refractivity contribution in [1.82, 2.24) is 5.32 Å². The van der Waals surface area contributed by atoms with E-state index >= 15 is 0 Å². The van der Waals surface area contributed by atoms with E-state index < -0.39 is 0 Å². The molecule has 0 heterocycles. The fourth-order valence-corrected chi connectivity index (χ4v) is 2.44. The van der Waals surface area contributed by atoms with E-state index in [2.05, 4.69) is 10.6 Å². The molecular weight excluding hydrogens is 290 g/mol. The van der Waals surface area contributed by atoms with Gasteiger partial charge in [0.25, 0.3) is 0 Å². The molecule has 2 unspecified atom stereocenters. The average Bonchev–Trinajstić information content (AvgIpc) is 2.86. The van der Waals surface area contributed by atoms with Gasteiger partial charge in [0, 0.05) is 30.6 Å². The minimum atomic E-state index is -0.0976. The summed E-state index contributed by atoms with van der Waals surface area (Å²) < 4.78 is 0. The first-order chi connectivity index (χ1) is 9.65. The van der Waals surface area contributed by atoms with Crippen LogP contribution >= 0.6 is 12.4 Å². The molecule has 116 valence electrons. The van der Waals surface area contributed by atoms with Crippen molar-refractivity contribution in [2.75, 3.05) is 11.9 Å². The van der Waals surface area contributed by atoms with Gasteiger partial charge in [0.15, 0.2) is 0 Å². The normalized spacial score (nSPS) is 20.4. The van der Waals surface area contributed by atoms with Crippen molar-refractivity contribution in [2.45, 2.75) is 31.7 Å². The SMILES string of the molecule is Cl.NC1CCC(C(=O)NCCC(=O)Nc2ccccc2)C1. The van der Waals surface area contributed by atoms with Gasteiger partial charge in [-0.1, -0.05) is 18.2 Å². The molecule has 2 atom stereocenters. The number of carbonyl (C=O) groups excluding carboxylic acids is 2. The Bertz CT molecular complexity index is 467. The molecule has 1 aliphatic rings. The summed E-state index contributed by atoms with van der Waals surface area (Å²) in [6, 6.07) is 9.42. The Morgan fingerprint density at radius 1 is 1.19 bits per heavy atom. The van der Waals surface area contributed by atoms with E-state index in [1.807, 2.05) is 30.3 Å². The lowest BCUT2D eigenvalue weighted by Crippen LogP contribution is -2.32. The summed E-state index contributed by atoms with van der Waals surface area (Å²) in [5.41, 5.74) is 6.55. The first-order valence-corrected chi connectivity index (χ1v) is 7.03. The second-order valence-corrected chi connectivity index (χ2v) is 5.23. The summed E-state index contributed by atoms with van der Waals surface area (Å²) in [4.78, 5) is 23.5. The number of amides is 2. The van der Waals surface area contributed by atoms with Crippen LogP contribution in [0.4, 0.5) is 5.69 Å². The van der Waals surface area contributed by atoms with Gasteiger partial charge in [-0.15, -0.1) is 12.4 Å². The van der Waals surface area contributed by atoms with Gasteiger partial charge < -0.3 is 16.4 Å². The summed E-state index contributed by atoms with van der Waals surface area (Å²) in [7, 11) is 0. The Hall–Kier alpha value is -1.59. The van der Waals surface area contributed by atoms with Crippen LogP contribution in [0.3, 0.4) is 0 Å². The van der Waals surface area contributed by atoms with Crippen molar-refractivity contribution in [2.24, 2.45) is 11.7 Å². The third-order valence-corrected chi connectivity index (χ3v) is 3.55. The molecule has 4 N–H and O–H groups in total. The fourth-order valence-electron chi connectivity index (χ4n) is 2.44. The van der Waals surface area contributed by atoms with Crippen molar-refractivity contribution >= 4 is 29.9 Å². The number of rotatable bonds is 5. The van der Waals surface area contributed by atoms with Gasteiger partial charge in [-0.05, 0) is 31.4 Å². The third kappa shape index (κ3) is 5.73. The van der Waals surface area contributed by atoms with Gasteiger partial charge in [-0.2, -0.15) is 0 Å². The number of benzene rings is 1. The molecule has 6 heteroatoms. The molecule has 1 aromatic carbocycles. The van der Waals surface area contributed by atoms with Crippen LogP contribution in [0.1, 0.15) is 25.7 Å². The number of nitrogens with one attached hydrogen (secondary N) is 2. The zero-order chi connectivity index (χ0) is 14.4. The second kappa shape index (κ2) is 8.64. The predicted octanol–water partition coefficient (Wildman–Crippen LogP) is 1.68. The largest absolute Gasteiger partial charge is 0.355 e. The maximum absolute atomic E-state index is 11.8. The fraction of sp³-hybridized carbons (Fsp3) is 0.467. The molecule has 2 amide bonds. The van der Waals surface area contributed by atoms with E-state index in [1.165, 1.54) is 0 Å². The molecule has 1 aliphatic carbocycles. The number of para-hydroxylation sites is 1. The number of halogens is 1. The summed E-state index contributed by atoms with van der Waals surface area (Å²) >= 11 is 0. The molecule has 21 heavy (non-hydrogen) atoms. The molecule has 1 aromatic rings. The summed E-state index contributed by atoms with van der Waals surface area (Å²) in [5, 5.41) is 5.59. The number of hydrogen-bond acceptors (Lipinski definition) is 3. The highest BCUT2D eigenvalue weighted by Crippen LogP contribution is 2.23. The molecule has 0 aromatic heterocycles. The summed E-state index contributed by atoms with van der Waals surface area (Å²) in [6.45, 7) is 0.364. The minimum absolute atomic E-state index is 0. The molecule has 0 saturated heterocycles. The lowest BCUT2D eigenvalue weighted by molar-refractivity contribution is -0.124. The molecular formula is C15H22ClN3O2. The summed E-state index contributed by atoms with van der Waals surface area (Å²) in [6.07, 6.45) is 2.79. The number of hydrogen-bond donors (Lipinski definition) is 3. The van der Waals surface area contributed by atoms with Gasteiger partial charge in [0.2, 0.25) is 11.8 Å². The van der Waals surface area contributed by atoms with Crippen molar-refractivity contribution in [3.8, 4) is 0 Å². The zero-order valence-corrected chi connectivity index (χ0v) is 12.7. The highest BCUT2D eigenvalue weighted by Gasteiger charge is 2.27. The molecule has 0 aliphatic heterocycles. The number of nitrogens with two attached hydrogens (primary N) is 1. The van der Waals surface area contributed by atoms with Crippen LogP contribution in [-0.4, -0.2) is 24.4 Å². The van der Waals surface area contributed by atoms with Crippen LogP contribution in [0.15, 0.2) is 30.3 Å². The maximum atomic E-state index is 11.8. The van der Waals surface area contributed by atoms with E-state index in [9.17, 15) is 9.59 Å². The van der Waals surface area contributed by atoms with E-state index in [1.54, 1.807) is 0 Å². The molecule has 0 bridgehead atoms. The average molecular weight is 312 g/mol. The van der Waals surface area contributed by atoms with Crippen molar-refractivity contribution in [3.05, 3.63) is 30.3 Å². The van der Waals surface area contributed by atoms with Crippen LogP contribution in [0.2, 0.25) is 0 Å². The second-order valence-electron chi connectivity index (χ2n) is 5.23. The van der Waals surface area contributed by atoms with Gasteiger partial charge in [-0.25, -0.2) is 0 Å². The molecule has 1 fully saturated rings. The van der Waals surface area contributed by atoms with Gasteiger partial charge in [0.1, 0.15) is 0 Å². The zero-order valence-electron chi connectivity index (χ0n) is 11.9. The van der Waals surface area contributed by atoms with E-state index in [-0.39, 0.29) is 42.6 Å².